The van der Waals surface area contributed by atoms with Crippen LogP contribution in [0.5, 0.6) is 0 Å². The molecule has 0 heterocycles. The quantitative estimate of drug-likeness (QED) is 0.289. The summed E-state index contributed by atoms with van der Waals surface area (Å²) in [7, 11) is 0. The molecule has 0 amide bonds. The van der Waals surface area contributed by atoms with Crippen LogP contribution in [0.4, 0.5) is 0 Å². The molecule has 0 radical (unpaired) electrons. The molecule has 0 bridgehead atoms. The van der Waals surface area contributed by atoms with Gasteiger partial charge in [0.2, 0.25) is 0 Å². The molecular formula is C7H14CaO7. The third kappa shape index (κ3) is 9.03. The molecular weight excluding hydrogens is 236 g/mol. The molecule has 0 aliphatic carbocycles. The van der Waals surface area contributed by atoms with Crippen LogP contribution in [-0.2, 0) is 14.3 Å². The second-order valence-electron chi connectivity index (χ2n) is 2.58. The average molecular weight is 250 g/mol. The van der Waals surface area contributed by atoms with E-state index in [2.05, 4.69) is 4.74 Å². The van der Waals surface area contributed by atoms with E-state index < -0.39 is 43.8 Å². The predicted octanol–water partition coefficient (Wildman–Crippen LogP) is -3.20. The third-order valence-electron chi connectivity index (χ3n) is 1.29. The van der Waals surface area contributed by atoms with E-state index in [0.29, 0.717) is 0 Å². The van der Waals surface area contributed by atoms with Gasteiger partial charge in [-0.3, -0.25) is 4.79 Å². The summed E-state index contributed by atoms with van der Waals surface area (Å²) in [6.45, 7) is -0.990. The molecule has 0 aromatic carbocycles. The van der Waals surface area contributed by atoms with Crippen LogP contribution in [0.15, 0.2) is 0 Å². The Kier molecular flexibility index (Phi) is 10.9. The van der Waals surface area contributed by atoms with Gasteiger partial charge in [0, 0.05) is 0 Å². The molecule has 0 saturated heterocycles. The van der Waals surface area contributed by atoms with Gasteiger partial charge in [0.1, 0.15) is 12.7 Å². The van der Waals surface area contributed by atoms with Gasteiger partial charge in [0.05, 0.1) is 13.0 Å². The maximum absolute atomic E-state index is 10.7. The van der Waals surface area contributed by atoms with E-state index in [1.165, 1.54) is 0 Å². The monoisotopic (exact) mass is 250 g/mol. The molecule has 0 saturated carbocycles. The Labute approximate surface area is 116 Å². The normalized spacial score (nSPS) is 13.5. The molecule has 0 aliphatic heterocycles. The van der Waals surface area contributed by atoms with Crippen LogP contribution in [0.1, 0.15) is 6.42 Å². The summed E-state index contributed by atoms with van der Waals surface area (Å²) in [4.78, 5) is 20.8. The number of aliphatic hydroxyl groups excluding tert-OH is 3. The molecule has 0 rings (SSSR count). The molecule has 2 atom stereocenters. The van der Waals surface area contributed by atoms with Gasteiger partial charge in [-0.15, -0.1) is 0 Å². The van der Waals surface area contributed by atoms with Crippen molar-refractivity contribution in [3.8, 4) is 0 Å². The van der Waals surface area contributed by atoms with Crippen LogP contribution in [0.25, 0.3) is 0 Å². The number of carboxylic acids is 1. The molecule has 0 aliphatic rings. The van der Waals surface area contributed by atoms with Crippen molar-refractivity contribution in [1.82, 2.24) is 0 Å². The van der Waals surface area contributed by atoms with Gasteiger partial charge in [-0.1, -0.05) is 0 Å². The van der Waals surface area contributed by atoms with E-state index in [1.54, 1.807) is 0 Å². The number of carboxylic acid groups (broad SMARTS) is 1. The van der Waals surface area contributed by atoms with Crippen molar-refractivity contribution in [2.45, 2.75) is 18.6 Å². The van der Waals surface area contributed by atoms with Crippen molar-refractivity contribution < 1.29 is 34.8 Å². The molecule has 8 heteroatoms. The fourth-order valence-electron chi connectivity index (χ4n) is 0.546. The van der Waals surface area contributed by atoms with Crippen LogP contribution in [-0.4, -0.2) is 95.5 Å². The summed E-state index contributed by atoms with van der Waals surface area (Å²) in [5.41, 5.74) is 0. The standard InChI is InChI=1S/C7H12O7.Ca.2H/c8-2-4(9)3-14-6(11)1-5(10)7(12)13;;;/h4-5,8-10H,1-3H2,(H,12,13);;;. The van der Waals surface area contributed by atoms with E-state index in [4.69, 9.17) is 20.4 Å². The number of hydrogen-bond acceptors (Lipinski definition) is 6. The van der Waals surface area contributed by atoms with E-state index in [9.17, 15) is 9.59 Å². The zero-order valence-electron chi connectivity index (χ0n) is 7.29. The molecule has 2 unspecified atom stereocenters. The van der Waals surface area contributed by atoms with Crippen LogP contribution in [0.2, 0.25) is 0 Å². The molecule has 86 valence electrons. The number of carbonyl (C=O) groups excluding carboxylic acids is 1. The van der Waals surface area contributed by atoms with Gasteiger partial charge in [-0.05, 0) is 0 Å². The summed E-state index contributed by atoms with van der Waals surface area (Å²) in [6, 6.07) is 0. The van der Waals surface area contributed by atoms with Crippen molar-refractivity contribution >= 4 is 49.7 Å². The topological polar surface area (TPSA) is 124 Å². The third-order valence-corrected chi connectivity index (χ3v) is 1.29. The summed E-state index contributed by atoms with van der Waals surface area (Å²) < 4.78 is 4.34. The second-order valence-corrected chi connectivity index (χ2v) is 2.58. The fraction of sp³-hybridized carbons (Fsp3) is 0.714. The van der Waals surface area contributed by atoms with Gasteiger partial charge in [0.25, 0.3) is 0 Å². The molecule has 0 aromatic heterocycles. The van der Waals surface area contributed by atoms with Crippen LogP contribution < -0.4 is 0 Å². The molecule has 0 fully saturated rings. The van der Waals surface area contributed by atoms with Crippen molar-refractivity contribution in [2.24, 2.45) is 0 Å². The number of ether oxygens (including phenoxy) is 1. The summed E-state index contributed by atoms with van der Waals surface area (Å²) in [5.74, 6) is -2.47. The summed E-state index contributed by atoms with van der Waals surface area (Å²) in [5, 5.41) is 34.0. The van der Waals surface area contributed by atoms with Crippen LogP contribution >= 0.6 is 0 Å². The number of aliphatic hydroxyl groups is 3. The minimum absolute atomic E-state index is 0. The first-order valence-electron chi connectivity index (χ1n) is 3.82. The maximum atomic E-state index is 10.7. The van der Waals surface area contributed by atoms with Crippen molar-refractivity contribution in [2.75, 3.05) is 13.2 Å². The fourth-order valence-corrected chi connectivity index (χ4v) is 0.546. The van der Waals surface area contributed by atoms with E-state index in [1.807, 2.05) is 0 Å². The second kappa shape index (κ2) is 9.32. The first-order valence-corrected chi connectivity index (χ1v) is 3.82. The van der Waals surface area contributed by atoms with E-state index in [-0.39, 0.29) is 37.7 Å². The Balaban J connectivity index is 0. The zero-order chi connectivity index (χ0) is 11.1. The minimum atomic E-state index is -1.81. The summed E-state index contributed by atoms with van der Waals surface area (Å²) >= 11 is 0. The molecule has 0 aromatic rings. The number of aliphatic carboxylic acids is 1. The average Bonchev–Trinajstić information content (AvgIpc) is 2.13. The molecule has 0 spiro atoms. The number of carbonyl (C=O) groups is 2. The van der Waals surface area contributed by atoms with Gasteiger partial charge >= 0.3 is 49.7 Å². The Hall–Kier alpha value is 0.0797. The van der Waals surface area contributed by atoms with Crippen LogP contribution in [0.3, 0.4) is 0 Å². The molecule has 7 nitrogen and oxygen atoms in total. The SMILES string of the molecule is O=C(CC(O)C(=O)O)OCC(O)CO.[CaH2]. The van der Waals surface area contributed by atoms with Crippen molar-refractivity contribution in [1.29, 1.82) is 0 Å². The number of hydrogen-bond donors (Lipinski definition) is 4. The molecule has 4 N–H and O–H groups in total. The number of rotatable bonds is 6. The Morgan fingerprint density at radius 3 is 2.20 bits per heavy atom. The van der Waals surface area contributed by atoms with Crippen LogP contribution in [0, 0.1) is 0 Å². The van der Waals surface area contributed by atoms with Gasteiger partial charge < -0.3 is 25.2 Å². The molecule has 15 heavy (non-hydrogen) atoms. The van der Waals surface area contributed by atoms with E-state index >= 15 is 0 Å². The van der Waals surface area contributed by atoms with Crippen molar-refractivity contribution in [3.05, 3.63) is 0 Å². The first kappa shape index (κ1) is 17.5. The number of esters is 1. The predicted molar refractivity (Wildman–Crippen MR) is 50.9 cm³/mol. The van der Waals surface area contributed by atoms with Gasteiger partial charge in [-0.25, -0.2) is 4.79 Å². The Bertz CT molecular complexity index is 208. The first-order chi connectivity index (χ1) is 6.47. The Morgan fingerprint density at radius 2 is 1.80 bits per heavy atom. The zero-order valence-corrected chi connectivity index (χ0v) is 7.29. The van der Waals surface area contributed by atoms with Gasteiger partial charge in [0.15, 0.2) is 6.10 Å². The van der Waals surface area contributed by atoms with E-state index in [0.717, 1.165) is 0 Å². The van der Waals surface area contributed by atoms with Gasteiger partial charge in [-0.2, -0.15) is 0 Å². The Morgan fingerprint density at radius 1 is 1.27 bits per heavy atom. The summed E-state index contributed by atoms with van der Waals surface area (Å²) in [6.07, 6.45) is -3.69. The van der Waals surface area contributed by atoms with Crippen molar-refractivity contribution in [3.63, 3.8) is 0 Å².